The Hall–Kier alpha value is -6.46. The molecule has 0 spiro atoms. The van der Waals surface area contributed by atoms with Gasteiger partial charge in [-0.3, -0.25) is 0 Å². The third-order valence-corrected chi connectivity index (χ3v) is 14.3. The van der Waals surface area contributed by atoms with Crippen molar-refractivity contribution in [2.45, 2.75) is 0 Å². The lowest BCUT2D eigenvalue weighted by molar-refractivity contribution is 1.18. The topological polar surface area (TPSA) is 33.1 Å². The summed E-state index contributed by atoms with van der Waals surface area (Å²) in [4.78, 5) is 3.96. The minimum Gasteiger partial charge on any atom is -0.309 e. The molecule has 8 aromatic rings. The van der Waals surface area contributed by atoms with Crippen LogP contribution in [0.15, 0.2) is 176 Å². The molecule has 0 N–H and O–H groups in total. The largest absolute Gasteiger partial charge is 0.309 e. The number of aromatic nitrogens is 1. The summed E-state index contributed by atoms with van der Waals surface area (Å²) in [5.41, 5.74) is 5.85. The molecule has 0 fully saturated rings. The normalized spacial score (nSPS) is 11.3. The third-order valence-electron chi connectivity index (χ3n) is 9.43. The molecule has 0 amide bonds. The van der Waals surface area contributed by atoms with Gasteiger partial charge in [0.05, 0.1) is 23.7 Å². The summed E-state index contributed by atoms with van der Waals surface area (Å²) < 4.78 is 2.28. The van der Waals surface area contributed by atoms with Gasteiger partial charge in [-0.15, -0.1) is 0 Å². The molecule has 0 saturated carbocycles. The van der Waals surface area contributed by atoms with Crippen LogP contribution >= 0.6 is 0 Å². The maximum Gasteiger partial charge on any atom is 0.196 e. The zero-order valence-electron chi connectivity index (χ0n) is 26.1. The summed E-state index contributed by atoms with van der Waals surface area (Å²) in [6.07, 6.45) is 0. The summed E-state index contributed by atoms with van der Waals surface area (Å²) in [5, 5.41) is 18.0. The Bertz CT molecular complexity index is 2350. The molecule has 7 aromatic carbocycles. The molecule has 0 atom stereocenters. The first-order valence-electron chi connectivity index (χ1n) is 16.0. The molecule has 4 heteroatoms. The molecule has 0 saturated heterocycles. The Morgan fingerprint density at radius 3 is 1.44 bits per heavy atom. The van der Waals surface area contributed by atoms with Gasteiger partial charge in [0.2, 0.25) is 0 Å². The number of rotatable bonds is 6. The lowest BCUT2D eigenvalue weighted by atomic mass is 9.98. The molecular weight excluding hydrogens is 599 g/mol. The minimum absolute atomic E-state index is 0.469. The van der Waals surface area contributed by atoms with Gasteiger partial charge in [-0.1, -0.05) is 152 Å². The quantitative estimate of drug-likeness (QED) is 0.104. The van der Waals surface area contributed by atoms with E-state index in [2.05, 4.69) is 161 Å². The summed E-state index contributed by atoms with van der Waals surface area (Å²) >= 11 is 0. The molecule has 48 heavy (non-hydrogen) atoms. The average molecular weight is 628 g/mol. The van der Waals surface area contributed by atoms with Gasteiger partial charge in [-0.2, -0.15) is 5.26 Å². The molecule has 3 nitrogen and oxygen atoms in total. The Labute approximate surface area is 281 Å². The highest BCUT2D eigenvalue weighted by molar-refractivity contribution is 7.20. The zero-order valence-corrected chi connectivity index (χ0v) is 27.1. The van der Waals surface area contributed by atoms with E-state index < -0.39 is 8.07 Å². The molecule has 1 heterocycles. The first-order valence-corrected chi connectivity index (χ1v) is 18.0. The van der Waals surface area contributed by atoms with Crippen molar-refractivity contribution in [1.29, 1.82) is 5.26 Å². The summed E-state index contributed by atoms with van der Waals surface area (Å²) in [5.74, 6) is 0. The number of benzene rings is 7. The zero-order chi connectivity index (χ0) is 32.5. The summed E-state index contributed by atoms with van der Waals surface area (Å²) in [6.45, 7) is 8.18. The summed E-state index contributed by atoms with van der Waals surface area (Å²) in [6, 6.07) is 63.6. The van der Waals surface area contributed by atoms with Gasteiger partial charge in [-0.05, 0) is 50.6 Å². The van der Waals surface area contributed by atoms with Crippen LogP contribution in [0.4, 0.5) is 5.69 Å². The van der Waals surface area contributed by atoms with Gasteiger partial charge in [0.15, 0.2) is 13.8 Å². The van der Waals surface area contributed by atoms with Gasteiger partial charge < -0.3 is 4.57 Å². The summed E-state index contributed by atoms with van der Waals surface area (Å²) in [7, 11) is -3.01. The second-order valence-corrected chi connectivity index (χ2v) is 15.6. The monoisotopic (exact) mass is 627 g/mol. The Morgan fingerprint density at radius 1 is 0.521 bits per heavy atom. The van der Waals surface area contributed by atoms with Gasteiger partial charge in [0.25, 0.3) is 0 Å². The number of para-hydroxylation sites is 2. The van der Waals surface area contributed by atoms with Crippen LogP contribution in [0.25, 0.3) is 43.5 Å². The average Bonchev–Trinajstić information content (AvgIpc) is 3.51. The van der Waals surface area contributed by atoms with Crippen molar-refractivity contribution in [3.05, 3.63) is 193 Å². The van der Waals surface area contributed by atoms with Crippen molar-refractivity contribution in [3.8, 4) is 22.9 Å². The van der Waals surface area contributed by atoms with Gasteiger partial charge in [0.1, 0.15) is 0 Å². The molecule has 8 rings (SSSR count). The number of hydrogen-bond donors (Lipinski definition) is 0. The fourth-order valence-corrected chi connectivity index (χ4v) is 12.3. The third kappa shape index (κ3) is 4.48. The maximum atomic E-state index is 11.1. The van der Waals surface area contributed by atoms with Crippen LogP contribution in [-0.2, 0) is 0 Å². The van der Waals surface area contributed by atoms with Crippen LogP contribution in [0.3, 0.4) is 0 Å². The van der Waals surface area contributed by atoms with E-state index in [9.17, 15) is 5.26 Å². The standard InChI is InChI=1S/C44H29N3Si/c1-46-40-29-30-43(48(34-15-5-2-6-16-34,35-17-7-3-8-18-35)36-19-9-4-10-20-36)39(31-45)44(40)32-25-27-33(28-26-32)47-41-23-13-11-21-37(41)38-22-12-14-24-42(38)47/h2-30H. The van der Waals surface area contributed by atoms with E-state index in [1.807, 2.05) is 30.3 Å². The molecule has 1 aromatic heterocycles. The molecule has 0 aliphatic carbocycles. The van der Waals surface area contributed by atoms with Crippen molar-refractivity contribution in [2.75, 3.05) is 0 Å². The molecule has 0 aliphatic heterocycles. The van der Waals surface area contributed by atoms with Gasteiger partial charge >= 0.3 is 0 Å². The van der Waals surface area contributed by atoms with E-state index in [1.165, 1.54) is 26.3 Å². The fourth-order valence-electron chi connectivity index (χ4n) is 7.41. The second-order valence-electron chi connectivity index (χ2n) is 11.9. The molecule has 224 valence electrons. The number of nitrogens with zero attached hydrogens (tertiary/aromatic N) is 3. The van der Waals surface area contributed by atoms with Crippen LogP contribution < -0.4 is 20.7 Å². The van der Waals surface area contributed by atoms with Crippen LogP contribution in [0.5, 0.6) is 0 Å². The first kappa shape index (κ1) is 29.0. The van der Waals surface area contributed by atoms with Crippen LogP contribution in [0, 0.1) is 17.9 Å². The van der Waals surface area contributed by atoms with Crippen LogP contribution in [0.1, 0.15) is 5.56 Å². The first-order chi connectivity index (χ1) is 23.8. The highest BCUT2D eigenvalue weighted by Gasteiger charge is 2.43. The SMILES string of the molecule is [C-]#[N+]c1ccc([Si](c2ccccc2)(c2ccccc2)c2ccccc2)c(C#N)c1-c1ccc(-n2c3ccccc3c3ccccc32)cc1. The maximum absolute atomic E-state index is 11.1. The van der Waals surface area contributed by atoms with Crippen LogP contribution in [0.2, 0.25) is 0 Å². The number of nitriles is 1. The van der Waals surface area contributed by atoms with E-state index in [0.717, 1.165) is 27.5 Å². The molecule has 0 unspecified atom stereocenters. The highest BCUT2D eigenvalue weighted by atomic mass is 28.3. The lowest BCUT2D eigenvalue weighted by Crippen LogP contribution is -2.75. The molecular formula is C44H29N3Si. The molecule has 0 bridgehead atoms. The van der Waals surface area contributed by atoms with E-state index in [4.69, 9.17) is 6.57 Å². The predicted octanol–water partition coefficient (Wildman–Crippen LogP) is 8.25. The minimum atomic E-state index is -3.01. The lowest BCUT2D eigenvalue weighted by Gasteiger charge is -2.35. The fraction of sp³-hybridized carbons (Fsp3) is 0. The van der Waals surface area contributed by atoms with Gasteiger partial charge in [0, 0.05) is 27.6 Å². The molecule has 0 aliphatic rings. The second kappa shape index (κ2) is 12.0. The Kier molecular flexibility index (Phi) is 7.27. The van der Waals surface area contributed by atoms with E-state index in [-0.39, 0.29) is 0 Å². The van der Waals surface area contributed by atoms with Crippen molar-refractivity contribution in [1.82, 2.24) is 4.57 Å². The number of fused-ring (bicyclic) bond motifs is 3. The Morgan fingerprint density at radius 2 is 0.979 bits per heavy atom. The highest BCUT2D eigenvalue weighted by Crippen LogP contribution is 2.36. The van der Waals surface area contributed by atoms with Crippen LogP contribution in [-0.4, -0.2) is 12.6 Å². The van der Waals surface area contributed by atoms with Crippen molar-refractivity contribution in [2.24, 2.45) is 0 Å². The van der Waals surface area contributed by atoms with Crippen molar-refractivity contribution in [3.63, 3.8) is 0 Å². The number of hydrogen-bond acceptors (Lipinski definition) is 1. The van der Waals surface area contributed by atoms with E-state index in [1.54, 1.807) is 0 Å². The molecule has 0 radical (unpaired) electrons. The van der Waals surface area contributed by atoms with Gasteiger partial charge in [-0.25, -0.2) is 4.85 Å². The van der Waals surface area contributed by atoms with E-state index in [0.29, 0.717) is 16.8 Å². The smallest absolute Gasteiger partial charge is 0.196 e. The van der Waals surface area contributed by atoms with Crippen molar-refractivity contribution < 1.29 is 0 Å². The van der Waals surface area contributed by atoms with Crippen molar-refractivity contribution >= 4 is 56.3 Å². The predicted molar refractivity (Wildman–Crippen MR) is 201 cm³/mol. The Balaban J connectivity index is 1.39. The van der Waals surface area contributed by atoms with E-state index >= 15 is 0 Å².